The van der Waals surface area contributed by atoms with Crippen molar-refractivity contribution in [2.24, 2.45) is 0 Å². The molecule has 1 N–H and O–H groups in total. The molecule has 0 saturated heterocycles. The minimum atomic E-state index is -0.128. The van der Waals surface area contributed by atoms with E-state index in [1.165, 1.54) is 19.3 Å². The fraction of sp³-hybridized carbons (Fsp3) is 0.692. The molecule has 1 aliphatic rings. The number of rotatable bonds is 3. The third-order valence-corrected chi connectivity index (χ3v) is 3.28. The van der Waals surface area contributed by atoms with E-state index < -0.39 is 0 Å². The predicted molar refractivity (Wildman–Crippen MR) is 64.9 cm³/mol. The van der Waals surface area contributed by atoms with E-state index in [4.69, 9.17) is 4.52 Å². The Kier molecular flexibility index (Phi) is 3.82. The second-order valence-corrected chi connectivity index (χ2v) is 5.08. The van der Waals surface area contributed by atoms with E-state index in [1.807, 2.05) is 13.8 Å². The Balaban J connectivity index is 1.94. The molecule has 0 radical (unpaired) electrons. The van der Waals surface area contributed by atoms with Gasteiger partial charge in [0.2, 0.25) is 5.76 Å². The number of carbonyl (C=O) groups is 1. The summed E-state index contributed by atoms with van der Waals surface area (Å²) in [5, 5.41) is 6.91. The van der Waals surface area contributed by atoms with Crippen molar-refractivity contribution >= 4 is 5.91 Å². The summed E-state index contributed by atoms with van der Waals surface area (Å²) in [6.45, 7) is 4.06. The molecule has 1 heterocycles. The van der Waals surface area contributed by atoms with Crippen molar-refractivity contribution in [2.45, 2.75) is 57.9 Å². The first kappa shape index (κ1) is 12.1. The maximum atomic E-state index is 11.9. The molecular weight excluding hydrogens is 216 g/mol. The molecule has 0 aromatic carbocycles. The number of nitrogens with zero attached hydrogens (tertiary/aromatic N) is 1. The highest BCUT2D eigenvalue weighted by molar-refractivity contribution is 5.91. The summed E-state index contributed by atoms with van der Waals surface area (Å²) in [7, 11) is 0. The molecule has 0 spiro atoms. The Hall–Kier alpha value is -1.32. The van der Waals surface area contributed by atoms with E-state index in [1.54, 1.807) is 6.07 Å². The van der Waals surface area contributed by atoms with Gasteiger partial charge in [-0.1, -0.05) is 38.3 Å². The van der Waals surface area contributed by atoms with Gasteiger partial charge in [0.05, 0.1) is 5.69 Å². The van der Waals surface area contributed by atoms with Crippen LogP contribution in [-0.2, 0) is 0 Å². The van der Waals surface area contributed by atoms with Crippen LogP contribution in [0.4, 0.5) is 0 Å². The number of hydrogen-bond acceptors (Lipinski definition) is 3. The summed E-state index contributed by atoms with van der Waals surface area (Å²) in [5.74, 6) is 0.491. The van der Waals surface area contributed by atoms with Gasteiger partial charge in [0.1, 0.15) is 0 Å². The number of amides is 1. The van der Waals surface area contributed by atoms with E-state index >= 15 is 0 Å². The van der Waals surface area contributed by atoms with Gasteiger partial charge in [-0.05, 0) is 18.8 Å². The summed E-state index contributed by atoms with van der Waals surface area (Å²) in [5.41, 5.74) is 0.832. The molecule has 4 nitrogen and oxygen atoms in total. The zero-order valence-corrected chi connectivity index (χ0v) is 10.5. The number of aromatic nitrogens is 1. The number of carbonyl (C=O) groups excluding carboxylic acids is 1. The Morgan fingerprint density at radius 3 is 2.71 bits per heavy atom. The lowest BCUT2D eigenvalue weighted by Crippen LogP contribution is -2.35. The summed E-state index contributed by atoms with van der Waals surface area (Å²) in [6, 6.07) is 2.05. The lowest BCUT2D eigenvalue weighted by Gasteiger charge is -2.21. The lowest BCUT2D eigenvalue weighted by molar-refractivity contribution is 0.0890. The molecule has 0 bridgehead atoms. The largest absolute Gasteiger partial charge is 0.351 e. The third-order valence-electron chi connectivity index (χ3n) is 3.28. The second kappa shape index (κ2) is 5.34. The maximum Gasteiger partial charge on any atom is 0.290 e. The highest BCUT2D eigenvalue weighted by atomic mass is 16.5. The Bertz CT molecular complexity index is 379. The van der Waals surface area contributed by atoms with Gasteiger partial charge in [0, 0.05) is 12.1 Å². The van der Waals surface area contributed by atoms with Crippen LogP contribution in [0.15, 0.2) is 10.6 Å². The molecule has 1 aliphatic carbocycles. The van der Waals surface area contributed by atoms with E-state index in [-0.39, 0.29) is 11.8 Å². The highest BCUT2D eigenvalue weighted by Gasteiger charge is 2.20. The van der Waals surface area contributed by atoms with Crippen LogP contribution in [0, 0.1) is 0 Å². The topological polar surface area (TPSA) is 55.1 Å². The minimum Gasteiger partial charge on any atom is -0.351 e. The van der Waals surface area contributed by atoms with Crippen LogP contribution >= 0.6 is 0 Å². The van der Waals surface area contributed by atoms with Gasteiger partial charge < -0.3 is 9.84 Å². The molecule has 0 unspecified atom stereocenters. The fourth-order valence-electron chi connectivity index (χ4n) is 2.17. The van der Waals surface area contributed by atoms with Crippen LogP contribution in [0.1, 0.15) is 68.1 Å². The molecule has 1 fully saturated rings. The number of hydrogen-bond donors (Lipinski definition) is 1. The van der Waals surface area contributed by atoms with Crippen LogP contribution in [0.2, 0.25) is 0 Å². The van der Waals surface area contributed by atoms with Crippen LogP contribution < -0.4 is 5.32 Å². The molecule has 0 atom stereocenters. The van der Waals surface area contributed by atoms with Gasteiger partial charge in [-0.15, -0.1) is 0 Å². The minimum absolute atomic E-state index is 0.128. The molecule has 1 aromatic heterocycles. The van der Waals surface area contributed by atoms with Crippen LogP contribution in [0.25, 0.3) is 0 Å². The predicted octanol–water partition coefficient (Wildman–Crippen LogP) is 2.86. The standard InChI is InChI=1S/C13H20N2O2/c1-9(2)11-8-12(17-15-11)13(16)14-10-6-4-3-5-7-10/h8-10H,3-7H2,1-2H3,(H,14,16). The molecule has 1 amide bonds. The maximum absolute atomic E-state index is 11.9. The molecular formula is C13H20N2O2. The Morgan fingerprint density at radius 1 is 1.41 bits per heavy atom. The van der Waals surface area contributed by atoms with Crippen molar-refractivity contribution in [3.63, 3.8) is 0 Å². The van der Waals surface area contributed by atoms with Gasteiger partial charge in [0.25, 0.3) is 5.91 Å². The summed E-state index contributed by atoms with van der Waals surface area (Å²) >= 11 is 0. The molecule has 2 rings (SSSR count). The average Bonchev–Trinajstić information content (AvgIpc) is 2.79. The summed E-state index contributed by atoms with van der Waals surface area (Å²) < 4.78 is 5.07. The average molecular weight is 236 g/mol. The Labute approximate surface area is 102 Å². The first-order chi connectivity index (χ1) is 8.16. The van der Waals surface area contributed by atoms with Crippen molar-refractivity contribution in [3.8, 4) is 0 Å². The normalized spacial score (nSPS) is 17.4. The van der Waals surface area contributed by atoms with Crippen LogP contribution in [0.3, 0.4) is 0 Å². The van der Waals surface area contributed by atoms with Crippen molar-refractivity contribution in [1.29, 1.82) is 0 Å². The lowest BCUT2D eigenvalue weighted by atomic mass is 9.95. The molecule has 17 heavy (non-hydrogen) atoms. The zero-order valence-electron chi connectivity index (χ0n) is 10.5. The zero-order chi connectivity index (χ0) is 12.3. The first-order valence-corrected chi connectivity index (χ1v) is 6.44. The summed E-state index contributed by atoms with van der Waals surface area (Å²) in [6.07, 6.45) is 5.86. The van der Waals surface area contributed by atoms with Gasteiger partial charge in [-0.3, -0.25) is 4.79 Å². The van der Waals surface area contributed by atoms with E-state index in [0.29, 0.717) is 11.8 Å². The molecule has 0 aliphatic heterocycles. The van der Waals surface area contributed by atoms with E-state index in [9.17, 15) is 4.79 Å². The molecule has 4 heteroatoms. The molecule has 1 saturated carbocycles. The van der Waals surface area contributed by atoms with Gasteiger partial charge in [-0.2, -0.15) is 0 Å². The first-order valence-electron chi connectivity index (χ1n) is 6.44. The molecule has 1 aromatic rings. The SMILES string of the molecule is CC(C)c1cc(C(=O)NC2CCCCC2)on1. The van der Waals surface area contributed by atoms with E-state index in [0.717, 1.165) is 18.5 Å². The van der Waals surface area contributed by atoms with Crippen LogP contribution in [0.5, 0.6) is 0 Å². The van der Waals surface area contributed by atoms with Crippen LogP contribution in [-0.4, -0.2) is 17.1 Å². The second-order valence-electron chi connectivity index (χ2n) is 5.08. The van der Waals surface area contributed by atoms with Crippen molar-refractivity contribution < 1.29 is 9.32 Å². The number of nitrogens with one attached hydrogen (secondary N) is 1. The fourth-order valence-corrected chi connectivity index (χ4v) is 2.17. The van der Waals surface area contributed by atoms with Crippen molar-refractivity contribution in [1.82, 2.24) is 10.5 Å². The van der Waals surface area contributed by atoms with Gasteiger partial charge in [0.15, 0.2) is 0 Å². The molecule has 94 valence electrons. The quantitative estimate of drug-likeness (QED) is 0.878. The monoisotopic (exact) mass is 236 g/mol. The van der Waals surface area contributed by atoms with Crippen molar-refractivity contribution in [3.05, 3.63) is 17.5 Å². The Morgan fingerprint density at radius 2 is 2.12 bits per heavy atom. The van der Waals surface area contributed by atoms with Crippen molar-refractivity contribution in [2.75, 3.05) is 0 Å². The summed E-state index contributed by atoms with van der Waals surface area (Å²) in [4.78, 5) is 11.9. The highest BCUT2D eigenvalue weighted by Crippen LogP contribution is 2.18. The van der Waals surface area contributed by atoms with Gasteiger partial charge >= 0.3 is 0 Å². The van der Waals surface area contributed by atoms with Gasteiger partial charge in [-0.25, -0.2) is 0 Å². The van der Waals surface area contributed by atoms with E-state index in [2.05, 4.69) is 10.5 Å². The third kappa shape index (κ3) is 3.08. The smallest absolute Gasteiger partial charge is 0.290 e.